The van der Waals surface area contributed by atoms with Crippen LogP contribution in [0.1, 0.15) is 75.7 Å². The number of esters is 1. The predicted octanol–water partition coefficient (Wildman–Crippen LogP) is 4.52. The first-order valence-corrected chi connectivity index (χ1v) is 7.68. The molecule has 0 bridgehead atoms. The Hall–Kier alpha value is -0.610. The largest absolute Gasteiger partial charge is 0.458 e. The Morgan fingerprint density at radius 1 is 0.905 bits per heavy atom. The summed E-state index contributed by atoms with van der Waals surface area (Å²) in [7, 11) is 0. The van der Waals surface area contributed by atoms with Crippen molar-refractivity contribution in [3.8, 4) is 0 Å². The van der Waals surface area contributed by atoms with Crippen molar-refractivity contribution < 1.29 is 19.3 Å². The molecule has 4 nitrogen and oxygen atoms in total. The fraction of sp³-hybridized carbons (Fsp3) is 0.941. The second kappa shape index (κ2) is 7.10. The summed E-state index contributed by atoms with van der Waals surface area (Å²) in [5, 5.41) is 0. The molecule has 0 aromatic carbocycles. The molecule has 4 heteroatoms. The second-order valence-corrected chi connectivity index (χ2v) is 8.99. The quantitative estimate of drug-likeness (QED) is 0.425. The standard InChI is InChI=1S/C17H34O4/c1-12(11-15(2,3)4)13(20-21-17(8,9)10)14(18)19-16(5,6)7/h12-13H,11H2,1-10H3. The molecule has 0 heterocycles. The second-order valence-electron chi connectivity index (χ2n) is 8.99. The van der Waals surface area contributed by atoms with Crippen molar-refractivity contribution in [3.05, 3.63) is 0 Å². The van der Waals surface area contributed by atoms with Crippen molar-refractivity contribution >= 4 is 5.97 Å². The lowest BCUT2D eigenvalue weighted by Gasteiger charge is -2.31. The zero-order valence-electron chi connectivity index (χ0n) is 15.5. The molecule has 0 aromatic heterocycles. The van der Waals surface area contributed by atoms with E-state index in [1.807, 2.05) is 48.5 Å². The van der Waals surface area contributed by atoms with E-state index >= 15 is 0 Å². The molecular formula is C17H34O4. The van der Waals surface area contributed by atoms with Crippen molar-refractivity contribution in [2.24, 2.45) is 11.3 Å². The van der Waals surface area contributed by atoms with E-state index in [-0.39, 0.29) is 17.3 Å². The van der Waals surface area contributed by atoms with Gasteiger partial charge >= 0.3 is 5.97 Å². The molecular weight excluding hydrogens is 268 g/mol. The van der Waals surface area contributed by atoms with Gasteiger partial charge in [0.2, 0.25) is 0 Å². The van der Waals surface area contributed by atoms with Gasteiger partial charge < -0.3 is 4.74 Å². The predicted molar refractivity (Wildman–Crippen MR) is 84.8 cm³/mol. The van der Waals surface area contributed by atoms with Crippen molar-refractivity contribution in [1.82, 2.24) is 0 Å². The smallest absolute Gasteiger partial charge is 0.339 e. The van der Waals surface area contributed by atoms with E-state index < -0.39 is 17.3 Å². The summed E-state index contributed by atoms with van der Waals surface area (Å²) < 4.78 is 5.46. The molecule has 0 fully saturated rings. The Kier molecular flexibility index (Phi) is 6.89. The van der Waals surface area contributed by atoms with Crippen LogP contribution in [0.25, 0.3) is 0 Å². The lowest BCUT2D eigenvalue weighted by atomic mass is 9.83. The summed E-state index contributed by atoms with van der Waals surface area (Å²) >= 11 is 0. The summed E-state index contributed by atoms with van der Waals surface area (Å²) in [4.78, 5) is 23.2. The lowest BCUT2D eigenvalue weighted by molar-refractivity contribution is -0.375. The third kappa shape index (κ3) is 10.7. The highest BCUT2D eigenvalue weighted by atomic mass is 17.2. The van der Waals surface area contributed by atoms with Gasteiger partial charge in [0, 0.05) is 0 Å². The van der Waals surface area contributed by atoms with E-state index in [9.17, 15) is 4.79 Å². The number of hydrogen-bond acceptors (Lipinski definition) is 4. The molecule has 0 aliphatic carbocycles. The first-order chi connectivity index (χ1) is 9.11. The normalized spacial score (nSPS) is 16.5. The third-order valence-corrected chi connectivity index (χ3v) is 2.49. The fourth-order valence-electron chi connectivity index (χ4n) is 2.00. The van der Waals surface area contributed by atoms with Crippen molar-refractivity contribution in [2.75, 3.05) is 0 Å². The molecule has 0 spiro atoms. The minimum atomic E-state index is -0.720. The molecule has 0 saturated heterocycles. The van der Waals surface area contributed by atoms with Crippen molar-refractivity contribution in [3.63, 3.8) is 0 Å². The Balaban J connectivity index is 4.96. The lowest BCUT2D eigenvalue weighted by Crippen LogP contribution is -2.40. The summed E-state index contributed by atoms with van der Waals surface area (Å²) in [6.07, 6.45) is 0.118. The van der Waals surface area contributed by atoms with Gasteiger partial charge in [0.1, 0.15) is 5.60 Å². The number of carbonyl (C=O) groups excluding carboxylic acids is 1. The maximum Gasteiger partial charge on any atom is 0.339 e. The highest BCUT2D eigenvalue weighted by molar-refractivity contribution is 5.75. The number of hydrogen-bond donors (Lipinski definition) is 0. The van der Waals surface area contributed by atoms with E-state index in [2.05, 4.69) is 20.8 Å². The van der Waals surface area contributed by atoms with Gasteiger partial charge in [-0.1, -0.05) is 27.7 Å². The molecule has 0 aromatic rings. The van der Waals surface area contributed by atoms with Crippen LogP contribution in [0.15, 0.2) is 0 Å². The molecule has 0 saturated carbocycles. The molecule has 0 aliphatic rings. The average molecular weight is 302 g/mol. The van der Waals surface area contributed by atoms with Crippen LogP contribution in [0.4, 0.5) is 0 Å². The Labute approximate surface area is 130 Å². The molecule has 0 N–H and O–H groups in total. The maximum atomic E-state index is 12.4. The van der Waals surface area contributed by atoms with E-state index in [0.717, 1.165) is 6.42 Å². The number of rotatable bonds is 5. The van der Waals surface area contributed by atoms with Gasteiger partial charge in [0.25, 0.3) is 0 Å². The van der Waals surface area contributed by atoms with E-state index in [1.165, 1.54) is 0 Å². The van der Waals surface area contributed by atoms with Gasteiger partial charge in [0.05, 0.1) is 5.60 Å². The molecule has 0 aliphatic heterocycles. The first kappa shape index (κ1) is 20.4. The van der Waals surface area contributed by atoms with Gasteiger partial charge in [-0.3, -0.25) is 0 Å². The summed E-state index contributed by atoms with van der Waals surface area (Å²) in [5.41, 5.74) is -0.908. The van der Waals surface area contributed by atoms with E-state index in [1.54, 1.807) is 0 Å². The van der Waals surface area contributed by atoms with Crippen LogP contribution in [0.5, 0.6) is 0 Å². The maximum absolute atomic E-state index is 12.4. The van der Waals surface area contributed by atoms with Crippen LogP contribution >= 0.6 is 0 Å². The summed E-state index contributed by atoms with van der Waals surface area (Å²) in [5.74, 6) is -0.370. The third-order valence-electron chi connectivity index (χ3n) is 2.49. The zero-order chi connectivity index (χ0) is 17.1. The summed E-state index contributed by atoms with van der Waals surface area (Å²) in [6.45, 7) is 19.6. The minimum absolute atomic E-state index is 0.00204. The number of carbonyl (C=O) groups is 1. The van der Waals surface area contributed by atoms with Gasteiger partial charge in [0.15, 0.2) is 6.10 Å². The van der Waals surface area contributed by atoms with Crippen LogP contribution in [-0.4, -0.2) is 23.3 Å². The molecule has 2 unspecified atom stereocenters. The van der Waals surface area contributed by atoms with Crippen LogP contribution in [0.3, 0.4) is 0 Å². The highest BCUT2D eigenvalue weighted by Crippen LogP contribution is 2.29. The zero-order valence-corrected chi connectivity index (χ0v) is 15.5. The molecule has 0 radical (unpaired) electrons. The molecule has 126 valence electrons. The van der Waals surface area contributed by atoms with Crippen LogP contribution < -0.4 is 0 Å². The topological polar surface area (TPSA) is 44.8 Å². The number of ether oxygens (including phenoxy) is 1. The molecule has 0 rings (SSSR count). The first-order valence-electron chi connectivity index (χ1n) is 7.68. The van der Waals surface area contributed by atoms with Crippen molar-refractivity contribution in [1.29, 1.82) is 0 Å². The minimum Gasteiger partial charge on any atom is -0.458 e. The average Bonchev–Trinajstić information content (AvgIpc) is 2.08. The molecule has 21 heavy (non-hydrogen) atoms. The van der Waals surface area contributed by atoms with Crippen molar-refractivity contribution in [2.45, 2.75) is 93.0 Å². The Morgan fingerprint density at radius 2 is 1.38 bits per heavy atom. The van der Waals surface area contributed by atoms with E-state index in [4.69, 9.17) is 14.5 Å². The monoisotopic (exact) mass is 302 g/mol. The van der Waals surface area contributed by atoms with Gasteiger partial charge in [-0.25, -0.2) is 14.6 Å². The molecule has 0 amide bonds. The van der Waals surface area contributed by atoms with Gasteiger partial charge in [-0.15, -0.1) is 0 Å². The Morgan fingerprint density at radius 3 is 1.71 bits per heavy atom. The van der Waals surface area contributed by atoms with Gasteiger partial charge in [-0.05, 0) is 59.3 Å². The highest BCUT2D eigenvalue weighted by Gasteiger charge is 2.35. The fourth-order valence-corrected chi connectivity index (χ4v) is 2.00. The van der Waals surface area contributed by atoms with Gasteiger partial charge in [-0.2, -0.15) is 0 Å². The van der Waals surface area contributed by atoms with E-state index in [0.29, 0.717) is 0 Å². The molecule has 2 atom stereocenters. The Bertz CT molecular complexity index is 328. The van der Waals surface area contributed by atoms with Crippen LogP contribution in [0, 0.1) is 11.3 Å². The van der Waals surface area contributed by atoms with Crippen LogP contribution in [0.2, 0.25) is 0 Å². The summed E-state index contributed by atoms with van der Waals surface area (Å²) in [6, 6.07) is 0. The SMILES string of the molecule is CC(CC(C)(C)C)C(OOC(C)(C)C)C(=O)OC(C)(C)C. The van der Waals surface area contributed by atoms with Crippen LogP contribution in [-0.2, 0) is 19.3 Å².